The van der Waals surface area contributed by atoms with Gasteiger partial charge in [0.05, 0.1) is 6.10 Å². The van der Waals surface area contributed by atoms with Crippen molar-refractivity contribution in [3.8, 4) is 0 Å². The Hall–Kier alpha value is -0.870. The predicted octanol–water partition coefficient (Wildman–Crippen LogP) is 2.51. The molecule has 1 N–H and O–H groups in total. The summed E-state index contributed by atoms with van der Waals surface area (Å²) in [5.74, 6) is 0. The number of aliphatic hydroxyl groups is 1. The fraction of sp³-hybridized carbons (Fsp3) is 0.824. The van der Waals surface area contributed by atoms with E-state index in [0.717, 1.165) is 12.8 Å². The summed E-state index contributed by atoms with van der Waals surface area (Å²) in [6, 6.07) is 2.06. The van der Waals surface area contributed by atoms with E-state index >= 15 is 0 Å². The first-order valence-corrected chi connectivity index (χ1v) is 8.62. The topological polar surface area (TPSA) is 41.3 Å². The summed E-state index contributed by atoms with van der Waals surface area (Å²) >= 11 is 0. The molecule has 2 aliphatic rings. The normalized spacial score (nSPS) is 24.3. The molecule has 4 heteroatoms. The van der Waals surface area contributed by atoms with Gasteiger partial charge in [-0.3, -0.25) is 9.58 Å². The van der Waals surface area contributed by atoms with Gasteiger partial charge in [0.25, 0.3) is 0 Å². The van der Waals surface area contributed by atoms with Gasteiger partial charge in [-0.25, -0.2) is 0 Å². The Morgan fingerprint density at radius 3 is 2.52 bits per heavy atom. The molecule has 1 unspecified atom stereocenters. The maximum atomic E-state index is 11.0. The average molecular weight is 291 g/mol. The van der Waals surface area contributed by atoms with Gasteiger partial charge in [0.2, 0.25) is 0 Å². The highest BCUT2D eigenvalue weighted by Gasteiger charge is 2.45. The second-order valence-electron chi connectivity index (χ2n) is 6.86. The van der Waals surface area contributed by atoms with Crippen molar-refractivity contribution in [1.82, 2.24) is 14.7 Å². The maximum Gasteiger partial charge on any atom is 0.0727 e. The highest BCUT2D eigenvalue weighted by Crippen LogP contribution is 2.40. The highest BCUT2D eigenvalue weighted by molar-refractivity contribution is 5.05. The molecular weight excluding hydrogens is 262 g/mol. The molecule has 1 aliphatic carbocycles. The summed E-state index contributed by atoms with van der Waals surface area (Å²) < 4.78 is 1.93. The van der Waals surface area contributed by atoms with Crippen molar-refractivity contribution in [2.24, 2.45) is 7.05 Å². The van der Waals surface area contributed by atoms with E-state index in [4.69, 9.17) is 0 Å². The first-order valence-electron chi connectivity index (χ1n) is 8.62. The summed E-state index contributed by atoms with van der Waals surface area (Å²) in [4.78, 5) is 2.62. The lowest BCUT2D eigenvalue weighted by molar-refractivity contribution is -0.0420. The number of nitrogens with zero attached hydrogens (tertiary/aromatic N) is 3. The standard InChI is InChI=1S/C17H29N3O/c1-19-15(9-12-18-19)7-8-16(21)17(10-3-4-11-17)20-13-5-2-6-14-20/h9,12,16,21H,2-8,10-11,13-14H2,1H3. The van der Waals surface area contributed by atoms with Gasteiger partial charge in [0.1, 0.15) is 0 Å². The molecule has 2 fully saturated rings. The Kier molecular flexibility index (Phi) is 4.65. The molecule has 118 valence electrons. The number of aliphatic hydroxyl groups excluding tert-OH is 1. The maximum absolute atomic E-state index is 11.0. The van der Waals surface area contributed by atoms with E-state index in [1.54, 1.807) is 0 Å². The summed E-state index contributed by atoms with van der Waals surface area (Å²) in [5, 5.41) is 15.2. The Labute approximate surface area is 128 Å². The quantitative estimate of drug-likeness (QED) is 0.906. The Morgan fingerprint density at radius 2 is 1.90 bits per heavy atom. The lowest BCUT2D eigenvalue weighted by Gasteiger charge is -2.46. The minimum atomic E-state index is -0.201. The molecule has 0 bridgehead atoms. The molecule has 1 saturated carbocycles. The van der Waals surface area contributed by atoms with Crippen LogP contribution in [0.4, 0.5) is 0 Å². The summed E-state index contributed by atoms with van der Waals surface area (Å²) in [5.41, 5.74) is 1.29. The minimum absolute atomic E-state index is 0.0685. The van der Waals surface area contributed by atoms with Gasteiger partial charge in [0, 0.05) is 24.5 Å². The van der Waals surface area contributed by atoms with Gasteiger partial charge in [-0.05, 0) is 57.7 Å². The van der Waals surface area contributed by atoms with Gasteiger partial charge in [0.15, 0.2) is 0 Å². The van der Waals surface area contributed by atoms with Crippen molar-refractivity contribution in [1.29, 1.82) is 0 Å². The van der Waals surface area contributed by atoms with E-state index in [9.17, 15) is 5.11 Å². The first kappa shape index (κ1) is 15.0. The zero-order valence-corrected chi connectivity index (χ0v) is 13.3. The minimum Gasteiger partial charge on any atom is -0.391 e. The van der Waals surface area contributed by atoms with Crippen molar-refractivity contribution in [3.63, 3.8) is 0 Å². The van der Waals surface area contributed by atoms with Gasteiger partial charge in [-0.1, -0.05) is 19.3 Å². The molecule has 0 radical (unpaired) electrons. The predicted molar refractivity (Wildman–Crippen MR) is 84.2 cm³/mol. The van der Waals surface area contributed by atoms with Gasteiger partial charge in [-0.2, -0.15) is 5.10 Å². The lowest BCUT2D eigenvalue weighted by Crippen LogP contribution is -2.56. The zero-order chi connectivity index (χ0) is 14.7. The monoisotopic (exact) mass is 291 g/mol. The van der Waals surface area contributed by atoms with Gasteiger partial charge in [-0.15, -0.1) is 0 Å². The number of hydrogen-bond acceptors (Lipinski definition) is 3. The molecule has 0 aromatic carbocycles. The second-order valence-corrected chi connectivity index (χ2v) is 6.86. The molecule has 1 aliphatic heterocycles. The zero-order valence-electron chi connectivity index (χ0n) is 13.3. The molecule has 1 aromatic heterocycles. The third-order valence-corrected chi connectivity index (χ3v) is 5.67. The molecular formula is C17H29N3O. The van der Waals surface area contributed by atoms with E-state index in [2.05, 4.69) is 16.1 Å². The Morgan fingerprint density at radius 1 is 1.19 bits per heavy atom. The smallest absolute Gasteiger partial charge is 0.0727 e. The van der Waals surface area contributed by atoms with Crippen molar-refractivity contribution >= 4 is 0 Å². The summed E-state index contributed by atoms with van der Waals surface area (Å²) in [7, 11) is 1.98. The van der Waals surface area contributed by atoms with Gasteiger partial charge >= 0.3 is 0 Å². The van der Waals surface area contributed by atoms with E-state index in [-0.39, 0.29) is 11.6 Å². The number of hydrogen-bond donors (Lipinski definition) is 1. The first-order chi connectivity index (χ1) is 10.2. The van der Waals surface area contributed by atoms with Crippen LogP contribution in [0.15, 0.2) is 12.3 Å². The number of likely N-dealkylation sites (tertiary alicyclic amines) is 1. The van der Waals surface area contributed by atoms with Crippen LogP contribution in [-0.4, -0.2) is 44.5 Å². The fourth-order valence-corrected chi connectivity index (χ4v) is 4.39. The third-order valence-electron chi connectivity index (χ3n) is 5.67. The van der Waals surface area contributed by atoms with Crippen LogP contribution in [0.25, 0.3) is 0 Å². The molecule has 3 rings (SSSR count). The molecule has 21 heavy (non-hydrogen) atoms. The van der Waals surface area contributed by atoms with Crippen molar-refractivity contribution in [2.75, 3.05) is 13.1 Å². The highest BCUT2D eigenvalue weighted by atomic mass is 16.3. The third kappa shape index (κ3) is 3.02. The summed E-state index contributed by atoms with van der Waals surface area (Å²) in [6.45, 7) is 2.37. The molecule has 1 saturated heterocycles. The number of rotatable bonds is 5. The van der Waals surface area contributed by atoms with Crippen molar-refractivity contribution < 1.29 is 5.11 Å². The SMILES string of the molecule is Cn1nccc1CCC(O)C1(N2CCCCC2)CCCC1. The van der Waals surface area contributed by atoms with Crippen LogP contribution >= 0.6 is 0 Å². The second kappa shape index (κ2) is 6.49. The summed E-state index contributed by atoms with van der Waals surface area (Å²) in [6.07, 6.45) is 12.3. The van der Waals surface area contributed by atoms with E-state index < -0.39 is 0 Å². The number of aryl methyl sites for hydroxylation is 2. The van der Waals surface area contributed by atoms with E-state index in [1.165, 1.54) is 63.7 Å². The molecule has 1 aromatic rings. The molecule has 4 nitrogen and oxygen atoms in total. The van der Waals surface area contributed by atoms with Crippen LogP contribution in [0.1, 0.15) is 57.1 Å². The average Bonchev–Trinajstić information content (AvgIpc) is 3.16. The van der Waals surface area contributed by atoms with Crippen molar-refractivity contribution in [3.05, 3.63) is 18.0 Å². The molecule has 2 heterocycles. The van der Waals surface area contributed by atoms with Crippen LogP contribution in [0, 0.1) is 0 Å². The van der Waals surface area contributed by atoms with Gasteiger partial charge < -0.3 is 5.11 Å². The Bertz CT molecular complexity index is 445. The fourth-order valence-electron chi connectivity index (χ4n) is 4.39. The number of aromatic nitrogens is 2. The molecule has 0 spiro atoms. The van der Waals surface area contributed by atoms with Crippen LogP contribution in [0.3, 0.4) is 0 Å². The van der Waals surface area contributed by atoms with E-state index in [0.29, 0.717) is 0 Å². The van der Waals surface area contributed by atoms with E-state index in [1.807, 2.05) is 17.9 Å². The Balaban J connectivity index is 1.66. The lowest BCUT2D eigenvalue weighted by atomic mass is 9.84. The number of piperidine rings is 1. The van der Waals surface area contributed by atoms with Crippen LogP contribution in [0.5, 0.6) is 0 Å². The van der Waals surface area contributed by atoms with Crippen LogP contribution in [-0.2, 0) is 13.5 Å². The molecule has 1 atom stereocenters. The van der Waals surface area contributed by atoms with Crippen LogP contribution < -0.4 is 0 Å². The molecule has 0 amide bonds. The van der Waals surface area contributed by atoms with Crippen molar-refractivity contribution in [2.45, 2.75) is 69.4 Å². The van der Waals surface area contributed by atoms with Crippen LogP contribution in [0.2, 0.25) is 0 Å². The largest absolute Gasteiger partial charge is 0.391 e.